The van der Waals surface area contributed by atoms with Gasteiger partial charge in [0.2, 0.25) is 5.91 Å². The summed E-state index contributed by atoms with van der Waals surface area (Å²) in [5.74, 6) is -0.0228. The number of rotatable bonds is 5. The third-order valence-electron chi connectivity index (χ3n) is 5.43. The van der Waals surface area contributed by atoms with Gasteiger partial charge in [-0.2, -0.15) is 0 Å². The van der Waals surface area contributed by atoms with Gasteiger partial charge in [0.1, 0.15) is 5.82 Å². The molecular weight excluding hydrogens is 376 g/mol. The van der Waals surface area contributed by atoms with Crippen molar-refractivity contribution in [2.45, 2.75) is 44.1 Å². The number of carbonyl (C=O) groups is 2. The van der Waals surface area contributed by atoms with Gasteiger partial charge in [0.25, 0.3) is 5.91 Å². The molecule has 0 bridgehead atoms. The van der Waals surface area contributed by atoms with Crippen LogP contribution in [0, 0.1) is 0 Å². The van der Waals surface area contributed by atoms with Crippen molar-refractivity contribution in [1.82, 2.24) is 10.3 Å². The number of hydrogen-bond donors (Lipinski definition) is 3. The van der Waals surface area contributed by atoms with Crippen LogP contribution in [0.2, 0.25) is 5.02 Å². The average Bonchev–Trinajstić information content (AvgIpc) is 2.68. The molecule has 1 heterocycles. The fourth-order valence-corrected chi connectivity index (χ4v) is 4.02. The van der Waals surface area contributed by atoms with E-state index in [0.717, 1.165) is 25.7 Å². The molecule has 7 heteroatoms. The Hall–Kier alpha value is -2.44. The number of anilines is 1. The molecule has 0 atom stereocenters. The lowest BCUT2D eigenvalue weighted by Crippen LogP contribution is -2.45. The Labute approximate surface area is 169 Å². The molecule has 0 radical (unpaired) electrons. The second kappa shape index (κ2) is 8.71. The van der Waals surface area contributed by atoms with Gasteiger partial charge in [-0.3, -0.25) is 9.59 Å². The highest BCUT2D eigenvalue weighted by Crippen LogP contribution is 2.39. The summed E-state index contributed by atoms with van der Waals surface area (Å²) in [6, 6.07) is 11.2. The van der Waals surface area contributed by atoms with Crippen LogP contribution in [0.5, 0.6) is 0 Å². The third-order valence-corrected chi connectivity index (χ3v) is 5.67. The van der Waals surface area contributed by atoms with Gasteiger partial charge in [-0.05, 0) is 55.5 Å². The predicted molar refractivity (Wildman–Crippen MR) is 110 cm³/mol. The molecule has 148 valence electrons. The Morgan fingerprint density at radius 1 is 1.25 bits per heavy atom. The summed E-state index contributed by atoms with van der Waals surface area (Å²) in [4.78, 5) is 27.8. The van der Waals surface area contributed by atoms with Gasteiger partial charge in [-0.15, -0.1) is 0 Å². The number of benzene rings is 1. The SMILES string of the molecule is CC(=O)Nc1cc(C(=O)NC2CCC(CN)(c3cccc(Cl)c3)CC2)ccn1. The molecule has 1 aliphatic carbocycles. The number of nitrogens with two attached hydrogens (primary N) is 1. The molecule has 0 aliphatic heterocycles. The van der Waals surface area contributed by atoms with E-state index in [9.17, 15) is 9.59 Å². The molecule has 0 unspecified atom stereocenters. The van der Waals surface area contributed by atoms with Gasteiger partial charge < -0.3 is 16.4 Å². The third kappa shape index (κ3) is 4.69. The zero-order valence-corrected chi connectivity index (χ0v) is 16.6. The van der Waals surface area contributed by atoms with Crippen molar-refractivity contribution in [2.75, 3.05) is 11.9 Å². The van der Waals surface area contributed by atoms with Gasteiger partial charge in [-0.1, -0.05) is 23.7 Å². The van der Waals surface area contributed by atoms with E-state index in [2.05, 4.69) is 21.7 Å². The summed E-state index contributed by atoms with van der Waals surface area (Å²) in [6.45, 7) is 1.96. The number of nitrogens with zero attached hydrogens (tertiary/aromatic N) is 1. The van der Waals surface area contributed by atoms with E-state index < -0.39 is 0 Å². The highest BCUT2D eigenvalue weighted by atomic mass is 35.5. The maximum Gasteiger partial charge on any atom is 0.251 e. The van der Waals surface area contributed by atoms with Crippen LogP contribution in [-0.4, -0.2) is 29.4 Å². The highest BCUT2D eigenvalue weighted by Gasteiger charge is 2.36. The maximum absolute atomic E-state index is 12.6. The molecule has 0 saturated heterocycles. The number of pyridine rings is 1. The van der Waals surface area contributed by atoms with Gasteiger partial charge in [-0.25, -0.2) is 4.98 Å². The van der Waals surface area contributed by atoms with Crippen molar-refractivity contribution >= 4 is 29.2 Å². The fraction of sp³-hybridized carbons (Fsp3) is 0.381. The maximum atomic E-state index is 12.6. The van der Waals surface area contributed by atoms with Gasteiger partial charge in [0, 0.05) is 41.7 Å². The zero-order valence-electron chi connectivity index (χ0n) is 15.9. The fourth-order valence-electron chi connectivity index (χ4n) is 3.83. The zero-order chi connectivity index (χ0) is 20.1. The molecule has 28 heavy (non-hydrogen) atoms. The van der Waals surface area contributed by atoms with Crippen LogP contribution < -0.4 is 16.4 Å². The number of carbonyl (C=O) groups excluding carboxylic acids is 2. The lowest BCUT2D eigenvalue weighted by Gasteiger charge is -2.40. The van der Waals surface area contributed by atoms with Crippen LogP contribution in [-0.2, 0) is 10.2 Å². The minimum atomic E-state index is -0.225. The molecule has 2 aromatic rings. The first kappa shape index (κ1) is 20.3. The van der Waals surface area contributed by atoms with E-state index in [1.165, 1.54) is 18.7 Å². The molecule has 1 aromatic heterocycles. The van der Waals surface area contributed by atoms with E-state index in [1.54, 1.807) is 12.1 Å². The van der Waals surface area contributed by atoms with Gasteiger partial charge in [0.15, 0.2) is 0 Å². The Balaban J connectivity index is 1.63. The van der Waals surface area contributed by atoms with Crippen molar-refractivity contribution in [3.63, 3.8) is 0 Å². The Kier molecular flexibility index (Phi) is 6.31. The molecule has 4 N–H and O–H groups in total. The average molecular weight is 401 g/mol. The predicted octanol–water partition coefficient (Wildman–Crippen LogP) is 3.26. The summed E-state index contributed by atoms with van der Waals surface area (Å²) in [5.41, 5.74) is 7.69. The summed E-state index contributed by atoms with van der Waals surface area (Å²) in [6.07, 6.45) is 4.99. The monoisotopic (exact) mass is 400 g/mol. The summed E-state index contributed by atoms with van der Waals surface area (Å²) in [7, 11) is 0. The van der Waals surface area contributed by atoms with Crippen LogP contribution in [0.4, 0.5) is 5.82 Å². The molecule has 1 saturated carbocycles. The standard InChI is InChI=1S/C21H25ClN4O2/c1-14(27)25-19-11-15(7-10-24-19)20(28)26-18-5-8-21(13-23,9-6-18)16-3-2-4-17(22)12-16/h2-4,7,10-12,18H,5-6,8-9,13,23H2,1H3,(H,26,28)(H,24,25,27). The largest absolute Gasteiger partial charge is 0.349 e. The smallest absolute Gasteiger partial charge is 0.251 e. The molecule has 2 amide bonds. The van der Waals surface area contributed by atoms with E-state index in [1.807, 2.05) is 18.2 Å². The molecule has 3 rings (SSSR count). The number of amides is 2. The van der Waals surface area contributed by atoms with Crippen molar-refractivity contribution in [3.05, 3.63) is 58.7 Å². The normalized spacial score (nSPS) is 21.8. The van der Waals surface area contributed by atoms with E-state index in [0.29, 0.717) is 22.9 Å². The van der Waals surface area contributed by atoms with Crippen LogP contribution >= 0.6 is 11.6 Å². The Morgan fingerprint density at radius 2 is 2.00 bits per heavy atom. The van der Waals surface area contributed by atoms with Crippen molar-refractivity contribution in [3.8, 4) is 0 Å². The molecule has 6 nitrogen and oxygen atoms in total. The Bertz CT molecular complexity index is 863. The van der Waals surface area contributed by atoms with Crippen molar-refractivity contribution in [1.29, 1.82) is 0 Å². The van der Waals surface area contributed by atoms with E-state index in [-0.39, 0.29) is 23.3 Å². The summed E-state index contributed by atoms with van der Waals surface area (Å²) in [5, 5.41) is 6.40. The van der Waals surface area contributed by atoms with Gasteiger partial charge in [0.05, 0.1) is 0 Å². The topological polar surface area (TPSA) is 97.1 Å². The summed E-state index contributed by atoms with van der Waals surface area (Å²) >= 11 is 6.16. The lowest BCUT2D eigenvalue weighted by molar-refractivity contribution is -0.114. The minimum absolute atomic E-state index is 0.0868. The molecule has 1 aliphatic rings. The first-order valence-electron chi connectivity index (χ1n) is 9.42. The first-order chi connectivity index (χ1) is 13.4. The number of aromatic nitrogens is 1. The number of nitrogens with one attached hydrogen (secondary N) is 2. The van der Waals surface area contributed by atoms with E-state index >= 15 is 0 Å². The quantitative estimate of drug-likeness (QED) is 0.717. The highest BCUT2D eigenvalue weighted by molar-refractivity contribution is 6.30. The molecule has 0 spiro atoms. The van der Waals surface area contributed by atoms with Crippen LogP contribution in [0.1, 0.15) is 48.5 Å². The molecule has 1 aromatic carbocycles. The second-order valence-corrected chi connectivity index (χ2v) is 7.79. The lowest BCUT2D eigenvalue weighted by atomic mass is 9.68. The number of halogens is 1. The molecule has 1 fully saturated rings. The minimum Gasteiger partial charge on any atom is -0.349 e. The second-order valence-electron chi connectivity index (χ2n) is 7.35. The van der Waals surface area contributed by atoms with Crippen molar-refractivity contribution < 1.29 is 9.59 Å². The first-order valence-corrected chi connectivity index (χ1v) is 9.80. The van der Waals surface area contributed by atoms with Crippen LogP contribution in [0.25, 0.3) is 0 Å². The van der Waals surface area contributed by atoms with Gasteiger partial charge >= 0.3 is 0 Å². The Morgan fingerprint density at radius 3 is 2.64 bits per heavy atom. The van der Waals surface area contributed by atoms with E-state index in [4.69, 9.17) is 17.3 Å². The molecular formula is C21H25ClN4O2. The van der Waals surface area contributed by atoms with Crippen LogP contribution in [0.3, 0.4) is 0 Å². The number of hydrogen-bond acceptors (Lipinski definition) is 4. The van der Waals surface area contributed by atoms with Crippen LogP contribution in [0.15, 0.2) is 42.6 Å². The summed E-state index contributed by atoms with van der Waals surface area (Å²) < 4.78 is 0. The van der Waals surface area contributed by atoms with Crippen molar-refractivity contribution in [2.24, 2.45) is 5.73 Å².